The summed E-state index contributed by atoms with van der Waals surface area (Å²) >= 11 is 0.667. The number of nitriles is 1. The molecule has 0 aliphatic heterocycles. The fourth-order valence-electron chi connectivity index (χ4n) is 2.48. The second kappa shape index (κ2) is 10.0. The Balaban J connectivity index is 1.79. The van der Waals surface area contributed by atoms with Crippen LogP contribution in [0.4, 0.5) is 5.13 Å². The van der Waals surface area contributed by atoms with Crippen LogP contribution in [0.2, 0.25) is 0 Å². The maximum atomic E-state index is 12.4. The molecule has 0 radical (unpaired) electrons. The van der Waals surface area contributed by atoms with Crippen LogP contribution in [0.3, 0.4) is 0 Å². The number of amides is 1. The molecule has 1 N–H and O–H groups in total. The van der Waals surface area contributed by atoms with Gasteiger partial charge in [-0.05, 0) is 35.9 Å². The van der Waals surface area contributed by atoms with Crippen molar-refractivity contribution in [3.8, 4) is 17.6 Å². The van der Waals surface area contributed by atoms with Crippen molar-refractivity contribution < 1.29 is 27.5 Å². The lowest BCUT2D eigenvalue weighted by molar-refractivity contribution is -0.112. The number of hydrogen-bond acceptors (Lipinski definition) is 10. The minimum absolute atomic E-state index is 0.0673. The normalized spacial score (nSPS) is 11.4. The van der Waals surface area contributed by atoms with Crippen LogP contribution in [0.1, 0.15) is 15.9 Å². The first-order valence-electron chi connectivity index (χ1n) is 9.13. The average Bonchev–Trinajstić information content (AvgIpc) is 3.27. The Morgan fingerprint density at radius 2 is 1.85 bits per heavy atom. The lowest BCUT2D eigenvalue weighted by Crippen LogP contribution is -2.13. The number of esters is 1. The Hall–Kier alpha value is -4.08. The van der Waals surface area contributed by atoms with Gasteiger partial charge in [-0.25, -0.2) is 13.2 Å². The highest BCUT2D eigenvalue weighted by molar-refractivity contribution is 7.92. The van der Waals surface area contributed by atoms with E-state index in [1.54, 1.807) is 36.4 Å². The molecule has 0 bridgehead atoms. The van der Waals surface area contributed by atoms with Crippen molar-refractivity contribution >= 4 is 44.3 Å². The predicted octanol–water partition coefficient (Wildman–Crippen LogP) is 2.72. The molecule has 0 aliphatic carbocycles. The molecule has 2 aromatic carbocycles. The van der Waals surface area contributed by atoms with E-state index in [4.69, 9.17) is 9.47 Å². The molecule has 10 nitrogen and oxygen atoms in total. The number of anilines is 1. The van der Waals surface area contributed by atoms with Crippen molar-refractivity contribution in [1.29, 1.82) is 5.26 Å². The SMILES string of the molecule is COc1cc(/C=C(/C#N)C(=O)Nc2nnc(S(C)(=O)=O)s2)ccc1OC(=O)c1ccccc1. The van der Waals surface area contributed by atoms with E-state index in [2.05, 4.69) is 15.5 Å². The molecule has 1 heterocycles. The summed E-state index contributed by atoms with van der Waals surface area (Å²) < 4.78 is 33.4. The lowest BCUT2D eigenvalue weighted by Gasteiger charge is -2.10. The minimum Gasteiger partial charge on any atom is -0.493 e. The second-order valence-electron chi connectivity index (χ2n) is 6.44. The summed E-state index contributed by atoms with van der Waals surface area (Å²) in [6, 6.07) is 14.7. The standard InChI is InChI=1S/C21H16N4O6S2/c1-30-17-11-13(8-9-16(17)31-19(27)14-6-4-3-5-7-14)10-15(12-22)18(26)23-20-24-25-21(32-20)33(2,28)29/h3-11H,1-2H3,(H,23,24,26)/b15-10-. The van der Waals surface area contributed by atoms with Crippen LogP contribution >= 0.6 is 11.3 Å². The van der Waals surface area contributed by atoms with Gasteiger partial charge in [-0.1, -0.05) is 35.6 Å². The molecule has 0 unspecified atom stereocenters. The molecular formula is C21H16N4O6S2. The molecule has 0 saturated carbocycles. The van der Waals surface area contributed by atoms with Gasteiger partial charge >= 0.3 is 5.97 Å². The summed E-state index contributed by atoms with van der Waals surface area (Å²) in [6.07, 6.45) is 2.26. The smallest absolute Gasteiger partial charge is 0.343 e. The topological polar surface area (TPSA) is 148 Å². The van der Waals surface area contributed by atoms with E-state index in [9.17, 15) is 23.3 Å². The maximum Gasteiger partial charge on any atom is 0.343 e. The first kappa shape index (κ1) is 23.6. The molecule has 0 fully saturated rings. The Labute approximate surface area is 193 Å². The van der Waals surface area contributed by atoms with Crippen molar-refractivity contribution in [1.82, 2.24) is 10.2 Å². The number of carbonyl (C=O) groups is 2. The number of carbonyl (C=O) groups excluding carboxylic acids is 2. The van der Waals surface area contributed by atoms with E-state index in [1.165, 1.54) is 31.4 Å². The van der Waals surface area contributed by atoms with E-state index in [0.29, 0.717) is 22.5 Å². The predicted molar refractivity (Wildman–Crippen MR) is 120 cm³/mol. The average molecular weight is 485 g/mol. The monoisotopic (exact) mass is 484 g/mol. The van der Waals surface area contributed by atoms with Gasteiger partial charge in [0, 0.05) is 6.26 Å². The summed E-state index contributed by atoms with van der Waals surface area (Å²) in [4.78, 5) is 24.7. The Morgan fingerprint density at radius 1 is 1.12 bits per heavy atom. The number of sulfone groups is 1. The van der Waals surface area contributed by atoms with E-state index >= 15 is 0 Å². The molecule has 3 aromatic rings. The number of aromatic nitrogens is 2. The Kier molecular flexibility index (Phi) is 7.17. The zero-order valence-electron chi connectivity index (χ0n) is 17.3. The zero-order chi connectivity index (χ0) is 24.0. The molecule has 33 heavy (non-hydrogen) atoms. The number of methoxy groups -OCH3 is 1. The molecule has 0 atom stereocenters. The van der Waals surface area contributed by atoms with Crippen LogP contribution in [0.15, 0.2) is 58.4 Å². The molecular weight excluding hydrogens is 468 g/mol. The second-order valence-corrected chi connectivity index (χ2v) is 9.60. The third-order valence-corrected chi connectivity index (χ3v) is 6.53. The van der Waals surface area contributed by atoms with Crippen molar-refractivity contribution in [2.24, 2.45) is 0 Å². The summed E-state index contributed by atoms with van der Waals surface area (Å²) in [5, 5.41) is 18.7. The molecule has 12 heteroatoms. The van der Waals surface area contributed by atoms with Crippen molar-refractivity contribution in [3.05, 3.63) is 65.2 Å². The minimum atomic E-state index is -3.57. The van der Waals surface area contributed by atoms with E-state index in [1.807, 2.05) is 0 Å². The van der Waals surface area contributed by atoms with Gasteiger partial charge in [-0.2, -0.15) is 5.26 Å². The summed E-state index contributed by atoms with van der Waals surface area (Å²) in [6.45, 7) is 0. The fourth-order valence-corrected chi connectivity index (χ4v) is 3.99. The van der Waals surface area contributed by atoms with Crippen LogP contribution in [0.5, 0.6) is 11.5 Å². The molecule has 0 spiro atoms. The maximum absolute atomic E-state index is 12.4. The third-order valence-electron chi connectivity index (χ3n) is 4.02. The van der Waals surface area contributed by atoms with Crippen LogP contribution < -0.4 is 14.8 Å². The fraction of sp³-hybridized carbons (Fsp3) is 0.0952. The quantitative estimate of drug-likeness (QED) is 0.176. The van der Waals surface area contributed by atoms with Gasteiger partial charge in [0.1, 0.15) is 11.6 Å². The van der Waals surface area contributed by atoms with Crippen molar-refractivity contribution in [3.63, 3.8) is 0 Å². The molecule has 0 saturated heterocycles. The third kappa shape index (κ3) is 6.00. The van der Waals surface area contributed by atoms with E-state index < -0.39 is 21.7 Å². The Bertz CT molecular complexity index is 1380. The highest BCUT2D eigenvalue weighted by Crippen LogP contribution is 2.30. The lowest BCUT2D eigenvalue weighted by atomic mass is 10.1. The van der Waals surface area contributed by atoms with Gasteiger partial charge in [0.15, 0.2) is 11.5 Å². The van der Waals surface area contributed by atoms with Gasteiger partial charge < -0.3 is 9.47 Å². The van der Waals surface area contributed by atoms with Gasteiger partial charge in [-0.15, -0.1) is 10.2 Å². The number of hydrogen-bond donors (Lipinski definition) is 1. The molecule has 1 amide bonds. The first-order chi connectivity index (χ1) is 15.7. The highest BCUT2D eigenvalue weighted by atomic mass is 32.2. The highest BCUT2D eigenvalue weighted by Gasteiger charge is 2.18. The number of nitrogens with zero attached hydrogens (tertiary/aromatic N) is 3. The van der Waals surface area contributed by atoms with Crippen LogP contribution in [-0.4, -0.2) is 43.9 Å². The van der Waals surface area contributed by atoms with Crippen molar-refractivity contribution in [2.45, 2.75) is 4.34 Å². The summed E-state index contributed by atoms with van der Waals surface area (Å²) in [5.41, 5.74) is 0.511. The molecule has 168 valence electrons. The van der Waals surface area contributed by atoms with E-state index in [-0.39, 0.29) is 26.5 Å². The van der Waals surface area contributed by atoms with Gasteiger partial charge in [-0.3, -0.25) is 10.1 Å². The van der Waals surface area contributed by atoms with Gasteiger partial charge in [0.25, 0.3) is 5.91 Å². The number of ether oxygens (including phenoxy) is 2. The summed E-state index contributed by atoms with van der Waals surface area (Å²) in [7, 11) is -2.18. The van der Waals surface area contributed by atoms with E-state index in [0.717, 1.165) is 6.26 Å². The summed E-state index contributed by atoms with van der Waals surface area (Å²) in [5.74, 6) is -0.992. The number of nitrogens with one attached hydrogen (secondary N) is 1. The van der Waals surface area contributed by atoms with Crippen LogP contribution in [0, 0.1) is 11.3 Å². The Morgan fingerprint density at radius 3 is 2.45 bits per heavy atom. The molecule has 0 aliphatic rings. The number of benzene rings is 2. The van der Waals surface area contributed by atoms with Crippen molar-refractivity contribution in [2.75, 3.05) is 18.7 Å². The van der Waals surface area contributed by atoms with Gasteiger partial charge in [0.05, 0.1) is 12.7 Å². The van der Waals surface area contributed by atoms with Gasteiger partial charge in [0.2, 0.25) is 19.3 Å². The van der Waals surface area contributed by atoms with Crippen LogP contribution in [-0.2, 0) is 14.6 Å². The largest absolute Gasteiger partial charge is 0.493 e. The zero-order valence-corrected chi connectivity index (χ0v) is 18.9. The van der Waals surface area contributed by atoms with Crippen LogP contribution in [0.25, 0.3) is 6.08 Å². The first-order valence-corrected chi connectivity index (χ1v) is 11.8. The number of rotatable bonds is 7. The molecule has 1 aromatic heterocycles. The molecule has 3 rings (SSSR count).